The van der Waals surface area contributed by atoms with Gasteiger partial charge in [0.2, 0.25) is 0 Å². The second kappa shape index (κ2) is 5.93. The van der Waals surface area contributed by atoms with Gasteiger partial charge in [0.1, 0.15) is 35.0 Å². The zero-order chi connectivity index (χ0) is 15.5. The Labute approximate surface area is 125 Å². The number of phenolic OH excluding ortho intramolecular Hbond substituents is 1. The van der Waals surface area contributed by atoms with Crippen molar-refractivity contribution < 1.29 is 13.9 Å². The van der Waals surface area contributed by atoms with Crippen molar-refractivity contribution in [3.8, 4) is 5.75 Å². The molecule has 2 N–H and O–H groups in total. The van der Waals surface area contributed by atoms with Crippen molar-refractivity contribution in [2.45, 2.75) is 6.42 Å². The van der Waals surface area contributed by atoms with E-state index in [-0.39, 0.29) is 22.5 Å². The minimum absolute atomic E-state index is 0.0397. The number of nitrogens with zero attached hydrogens (tertiary/aromatic N) is 2. The standard InChI is InChI=1S/C16H13F2N3O/c17-12-5-6-13(18)15-14(12)16(21-9-20-15)19-8-7-10-1-3-11(22)4-2-10/h1-6,9,22H,7-8H2,(H,19,20,21). The molecule has 3 rings (SSSR count). The summed E-state index contributed by atoms with van der Waals surface area (Å²) < 4.78 is 27.6. The molecule has 0 radical (unpaired) electrons. The Morgan fingerprint density at radius 2 is 1.68 bits per heavy atom. The predicted molar refractivity (Wildman–Crippen MR) is 79.8 cm³/mol. The van der Waals surface area contributed by atoms with Gasteiger partial charge >= 0.3 is 0 Å². The highest BCUT2D eigenvalue weighted by molar-refractivity contribution is 5.89. The first-order chi connectivity index (χ1) is 10.6. The number of nitrogens with one attached hydrogen (secondary N) is 1. The summed E-state index contributed by atoms with van der Waals surface area (Å²) in [5, 5.41) is 12.3. The Kier molecular flexibility index (Phi) is 3.82. The largest absolute Gasteiger partial charge is 0.508 e. The number of aromatic nitrogens is 2. The summed E-state index contributed by atoms with van der Waals surface area (Å²) in [6.45, 7) is 0.493. The van der Waals surface area contributed by atoms with Gasteiger partial charge in [0.05, 0.1) is 5.39 Å². The van der Waals surface area contributed by atoms with Gasteiger partial charge in [-0.2, -0.15) is 0 Å². The van der Waals surface area contributed by atoms with E-state index in [9.17, 15) is 13.9 Å². The van der Waals surface area contributed by atoms with E-state index in [4.69, 9.17) is 0 Å². The number of hydrogen-bond acceptors (Lipinski definition) is 4. The van der Waals surface area contributed by atoms with Crippen LogP contribution in [-0.2, 0) is 6.42 Å². The van der Waals surface area contributed by atoms with Crippen LogP contribution < -0.4 is 5.32 Å². The van der Waals surface area contributed by atoms with Crippen molar-refractivity contribution >= 4 is 16.7 Å². The molecule has 0 unspecified atom stereocenters. The lowest BCUT2D eigenvalue weighted by molar-refractivity contribution is 0.475. The summed E-state index contributed by atoms with van der Waals surface area (Å²) in [6, 6.07) is 8.91. The Balaban J connectivity index is 1.79. The van der Waals surface area contributed by atoms with Gasteiger partial charge in [-0.1, -0.05) is 12.1 Å². The van der Waals surface area contributed by atoms with E-state index in [1.807, 2.05) is 0 Å². The number of aromatic hydroxyl groups is 1. The molecule has 2 aromatic carbocycles. The zero-order valence-corrected chi connectivity index (χ0v) is 11.6. The number of fused-ring (bicyclic) bond motifs is 1. The smallest absolute Gasteiger partial charge is 0.149 e. The van der Waals surface area contributed by atoms with Crippen molar-refractivity contribution in [2.24, 2.45) is 0 Å². The quantitative estimate of drug-likeness (QED) is 0.776. The highest BCUT2D eigenvalue weighted by atomic mass is 19.1. The lowest BCUT2D eigenvalue weighted by atomic mass is 10.1. The second-order valence-corrected chi connectivity index (χ2v) is 4.82. The van der Waals surface area contributed by atoms with E-state index in [1.54, 1.807) is 24.3 Å². The molecule has 1 aromatic heterocycles. The third-order valence-electron chi connectivity index (χ3n) is 3.33. The molecule has 0 atom stereocenters. The van der Waals surface area contributed by atoms with Crippen LogP contribution >= 0.6 is 0 Å². The monoisotopic (exact) mass is 301 g/mol. The maximum Gasteiger partial charge on any atom is 0.149 e. The minimum atomic E-state index is -0.583. The summed E-state index contributed by atoms with van der Waals surface area (Å²) in [5.74, 6) is -0.679. The average molecular weight is 301 g/mol. The Bertz CT molecular complexity index is 806. The number of halogens is 2. The number of anilines is 1. The molecule has 22 heavy (non-hydrogen) atoms. The third kappa shape index (κ3) is 2.81. The van der Waals surface area contributed by atoms with E-state index >= 15 is 0 Å². The number of rotatable bonds is 4. The predicted octanol–water partition coefficient (Wildman–Crippen LogP) is 3.27. The Morgan fingerprint density at radius 3 is 2.45 bits per heavy atom. The molecule has 0 aliphatic carbocycles. The fraction of sp³-hybridized carbons (Fsp3) is 0.125. The normalized spacial score (nSPS) is 10.8. The third-order valence-corrected chi connectivity index (χ3v) is 3.33. The van der Waals surface area contributed by atoms with Gasteiger partial charge in [-0.05, 0) is 36.2 Å². The molecule has 0 spiro atoms. The van der Waals surface area contributed by atoms with Crippen molar-refractivity contribution in [2.75, 3.05) is 11.9 Å². The highest BCUT2D eigenvalue weighted by Gasteiger charge is 2.12. The van der Waals surface area contributed by atoms with E-state index < -0.39 is 11.6 Å². The first-order valence-corrected chi connectivity index (χ1v) is 6.75. The average Bonchev–Trinajstić information content (AvgIpc) is 2.53. The van der Waals surface area contributed by atoms with Crippen molar-refractivity contribution in [1.29, 1.82) is 0 Å². The molecule has 6 heteroatoms. The number of phenols is 1. The lowest BCUT2D eigenvalue weighted by Crippen LogP contribution is -2.08. The fourth-order valence-electron chi connectivity index (χ4n) is 2.22. The molecule has 0 saturated heterocycles. The van der Waals surface area contributed by atoms with E-state index in [0.717, 1.165) is 17.7 Å². The van der Waals surface area contributed by atoms with Crippen LogP contribution in [0.1, 0.15) is 5.56 Å². The molecule has 0 saturated carbocycles. The Hall–Kier alpha value is -2.76. The van der Waals surface area contributed by atoms with Gasteiger partial charge in [-0.15, -0.1) is 0 Å². The maximum atomic E-state index is 13.9. The summed E-state index contributed by atoms with van der Waals surface area (Å²) >= 11 is 0. The van der Waals surface area contributed by atoms with Crippen molar-refractivity contribution in [3.05, 3.63) is 59.9 Å². The van der Waals surface area contributed by atoms with Gasteiger partial charge in [0.25, 0.3) is 0 Å². The van der Waals surface area contributed by atoms with Gasteiger partial charge in [0.15, 0.2) is 0 Å². The van der Waals surface area contributed by atoms with E-state index in [2.05, 4.69) is 15.3 Å². The molecule has 1 heterocycles. The van der Waals surface area contributed by atoms with Gasteiger partial charge < -0.3 is 10.4 Å². The summed E-state index contributed by atoms with van der Waals surface area (Å²) in [5.41, 5.74) is 0.970. The molecule has 0 amide bonds. The van der Waals surface area contributed by atoms with Crippen LogP contribution in [0.3, 0.4) is 0 Å². The van der Waals surface area contributed by atoms with Crippen LogP contribution in [0, 0.1) is 11.6 Å². The number of hydrogen-bond donors (Lipinski definition) is 2. The molecule has 0 aliphatic rings. The molecule has 112 valence electrons. The van der Waals surface area contributed by atoms with Crippen LogP contribution in [0.5, 0.6) is 5.75 Å². The summed E-state index contributed by atoms with van der Waals surface area (Å²) in [6.07, 6.45) is 1.86. The summed E-state index contributed by atoms with van der Waals surface area (Å²) in [4.78, 5) is 7.77. The highest BCUT2D eigenvalue weighted by Crippen LogP contribution is 2.24. The SMILES string of the molecule is Oc1ccc(CCNc2ncnc3c(F)ccc(F)c23)cc1. The van der Waals surface area contributed by atoms with Gasteiger partial charge in [-0.25, -0.2) is 18.7 Å². The minimum Gasteiger partial charge on any atom is -0.508 e. The van der Waals surface area contributed by atoms with Crippen LogP contribution in [0.4, 0.5) is 14.6 Å². The van der Waals surface area contributed by atoms with E-state index in [0.29, 0.717) is 13.0 Å². The van der Waals surface area contributed by atoms with Gasteiger partial charge in [-0.3, -0.25) is 0 Å². The second-order valence-electron chi connectivity index (χ2n) is 4.82. The van der Waals surface area contributed by atoms with Crippen LogP contribution in [0.25, 0.3) is 10.9 Å². The summed E-state index contributed by atoms with van der Waals surface area (Å²) in [7, 11) is 0. The zero-order valence-electron chi connectivity index (χ0n) is 11.6. The van der Waals surface area contributed by atoms with E-state index in [1.165, 1.54) is 6.33 Å². The maximum absolute atomic E-state index is 13.9. The molecule has 0 aliphatic heterocycles. The van der Waals surface area contributed by atoms with Crippen LogP contribution in [0.2, 0.25) is 0 Å². The first-order valence-electron chi connectivity index (χ1n) is 6.75. The fourth-order valence-corrected chi connectivity index (χ4v) is 2.22. The molecule has 0 bridgehead atoms. The lowest BCUT2D eigenvalue weighted by Gasteiger charge is -2.09. The molecule has 0 fully saturated rings. The molecule has 3 aromatic rings. The van der Waals surface area contributed by atoms with Crippen LogP contribution in [0.15, 0.2) is 42.7 Å². The van der Waals surface area contributed by atoms with Crippen molar-refractivity contribution in [3.63, 3.8) is 0 Å². The topological polar surface area (TPSA) is 58.0 Å². The molecular formula is C16H13F2N3O. The number of benzene rings is 2. The van der Waals surface area contributed by atoms with Crippen LogP contribution in [-0.4, -0.2) is 21.6 Å². The van der Waals surface area contributed by atoms with Crippen molar-refractivity contribution in [1.82, 2.24) is 9.97 Å². The van der Waals surface area contributed by atoms with Gasteiger partial charge in [0, 0.05) is 6.54 Å². The Morgan fingerprint density at radius 1 is 0.955 bits per heavy atom. The molecular weight excluding hydrogens is 288 g/mol. The molecule has 4 nitrogen and oxygen atoms in total. The first kappa shape index (κ1) is 14.2.